The van der Waals surface area contributed by atoms with E-state index in [0.717, 1.165) is 12.1 Å². The van der Waals surface area contributed by atoms with Gasteiger partial charge < -0.3 is 15.2 Å². The van der Waals surface area contributed by atoms with Crippen LogP contribution in [-0.2, 0) is 13.1 Å². The standard InChI is InChI=1S/C15H20FN5O/c1-4-17-15(19-9-14-20-11(3)22-21-14)18-8-12-5-6-13(16)10(2)7-12/h5-7H,4,8-9H2,1-3H3,(H2,17,18,19). The van der Waals surface area contributed by atoms with Crippen LogP contribution in [0.2, 0.25) is 0 Å². The van der Waals surface area contributed by atoms with E-state index in [1.54, 1.807) is 26.0 Å². The Morgan fingerprint density at radius 3 is 2.77 bits per heavy atom. The van der Waals surface area contributed by atoms with Crippen molar-refractivity contribution < 1.29 is 8.91 Å². The van der Waals surface area contributed by atoms with E-state index in [0.29, 0.717) is 36.3 Å². The van der Waals surface area contributed by atoms with Crippen molar-refractivity contribution in [2.45, 2.75) is 33.9 Å². The van der Waals surface area contributed by atoms with Gasteiger partial charge in [0, 0.05) is 13.5 Å². The molecule has 0 aliphatic rings. The molecule has 1 heterocycles. The molecule has 0 spiro atoms. The minimum Gasteiger partial charge on any atom is -0.357 e. The van der Waals surface area contributed by atoms with Gasteiger partial charge in [-0.05, 0) is 31.0 Å². The fraction of sp³-hybridized carbons (Fsp3) is 0.400. The smallest absolute Gasteiger partial charge is 0.223 e. The number of benzene rings is 1. The van der Waals surface area contributed by atoms with Crippen molar-refractivity contribution in [1.29, 1.82) is 0 Å². The lowest BCUT2D eigenvalue weighted by atomic mass is 10.1. The molecular formula is C15H20FN5O. The van der Waals surface area contributed by atoms with Crippen molar-refractivity contribution in [3.05, 3.63) is 46.9 Å². The molecule has 0 amide bonds. The predicted molar refractivity (Wildman–Crippen MR) is 81.8 cm³/mol. The monoisotopic (exact) mass is 305 g/mol. The van der Waals surface area contributed by atoms with Crippen LogP contribution in [0.15, 0.2) is 27.7 Å². The molecule has 0 unspecified atom stereocenters. The van der Waals surface area contributed by atoms with E-state index in [1.807, 2.05) is 6.92 Å². The number of aromatic nitrogens is 2. The number of nitrogens with one attached hydrogen (secondary N) is 2. The molecule has 6 nitrogen and oxygen atoms in total. The summed E-state index contributed by atoms with van der Waals surface area (Å²) in [5.41, 5.74) is 1.57. The SMILES string of the molecule is CCNC(=NCc1ccc(F)c(C)c1)NCc1noc(C)n1. The van der Waals surface area contributed by atoms with Gasteiger partial charge in [0.1, 0.15) is 5.82 Å². The molecule has 2 rings (SSSR count). The van der Waals surface area contributed by atoms with Crippen LogP contribution in [0.1, 0.15) is 29.8 Å². The number of aryl methyl sites for hydroxylation is 2. The maximum atomic E-state index is 13.2. The molecule has 118 valence electrons. The van der Waals surface area contributed by atoms with Gasteiger partial charge in [0.25, 0.3) is 0 Å². The van der Waals surface area contributed by atoms with Crippen LogP contribution in [0.25, 0.3) is 0 Å². The van der Waals surface area contributed by atoms with Gasteiger partial charge in [-0.25, -0.2) is 9.38 Å². The number of hydrogen-bond donors (Lipinski definition) is 2. The van der Waals surface area contributed by atoms with Crippen molar-refractivity contribution in [3.8, 4) is 0 Å². The Bertz CT molecular complexity index is 653. The molecule has 1 aromatic carbocycles. The first-order valence-electron chi connectivity index (χ1n) is 7.15. The van der Waals surface area contributed by atoms with Gasteiger partial charge in [-0.2, -0.15) is 4.98 Å². The van der Waals surface area contributed by atoms with E-state index >= 15 is 0 Å². The van der Waals surface area contributed by atoms with Crippen LogP contribution < -0.4 is 10.6 Å². The predicted octanol–water partition coefficient (Wildman–Crippen LogP) is 2.08. The fourth-order valence-corrected chi connectivity index (χ4v) is 1.89. The number of hydrogen-bond acceptors (Lipinski definition) is 4. The van der Waals surface area contributed by atoms with E-state index in [1.165, 1.54) is 6.07 Å². The number of halogens is 1. The third kappa shape index (κ3) is 4.54. The maximum Gasteiger partial charge on any atom is 0.223 e. The Hall–Kier alpha value is -2.44. The Balaban J connectivity index is 1.98. The highest BCUT2D eigenvalue weighted by atomic mass is 19.1. The van der Waals surface area contributed by atoms with E-state index in [-0.39, 0.29) is 5.82 Å². The second kappa shape index (κ2) is 7.53. The molecule has 0 aliphatic heterocycles. The van der Waals surface area contributed by atoms with E-state index in [4.69, 9.17) is 4.52 Å². The summed E-state index contributed by atoms with van der Waals surface area (Å²) in [4.78, 5) is 8.58. The first-order chi connectivity index (χ1) is 10.6. The summed E-state index contributed by atoms with van der Waals surface area (Å²) in [5, 5.41) is 10.1. The van der Waals surface area contributed by atoms with Crippen LogP contribution in [0.3, 0.4) is 0 Å². The van der Waals surface area contributed by atoms with Crippen molar-refractivity contribution in [3.63, 3.8) is 0 Å². The third-order valence-corrected chi connectivity index (χ3v) is 2.97. The Morgan fingerprint density at radius 1 is 1.32 bits per heavy atom. The molecular weight excluding hydrogens is 285 g/mol. The second-order valence-electron chi connectivity index (χ2n) is 4.86. The molecule has 0 atom stereocenters. The van der Waals surface area contributed by atoms with Crippen molar-refractivity contribution in [2.24, 2.45) is 4.99 Å². The third-order valence-electron chi connectivity index (χ3n) is 2.97. The van der Waals surface area contributed by atoms with Crippen molar-refractivity contribution in [1.82, 2.24) is 20.8 Å². The van der Waals surface area contributed by atoms with Gasteiger partial charge in [-0.15, -0.1) is 0 Å². The molecule has 7 heteroatoms. The van der Waals surface area contributed by atoms with Gasteiger partial charge in [0.05, 0.1) is 13.1 Å². The summed E-state index contributed by atoms with van der Waals surface area (Å²) in [6, 6.07) is 4.99. The zero-order chi connectivity index (χ0) is 15.9. The molecule has 2 N–H and O–H groups in total. The first-order valence-corrected chi connectivity index (χ1v) is 7.15. The highest BCUT2D eigenvalue weighted by Crippen LogP contribution is 2.10. The quantitative estimate of drug-likeness (QED) is 0.653. The molecule has 1 aromatic heterocycles. The summed E-state index contributed by atoms with van der Waals surface area (Å²) in [7, 11) is 0. The molecule has 0 bridgehead atoms. The van der Waals surface area contributed by atoms with Gasteiger partial charge in [-0.1, -0.05) is 17.3 Å². The molecule has 0 saturated carbocycles. The Kier molecular flexibility index (Phi) is 5.46. The normalized spacial score (nSPS) is 11.5. The highest BCUT2D eigenvalue weighted by molar-refractivity contribution is 5.79. The topological polar surface area (TPSA) is 75.3 Å². The van der Waals surface area contributed by atoms with Crippen LogP contribution in [0.4, 0.5) is 4.39 Å². The minimum absolute atomic E-state index is 0.203. The van der Waals surface area contributed by atoms with Crippen LogP contribution in [-0.4, -0.2) is 22.6 Å². The molecule has 2 aromatic rings. The van der Waals surface area contributed by atoms with Crippen LogP contribution in [0, 0.1) is 19.7 Å². The highest BCUT2D eigenvalue weighted by Gasteiger charge is 2.04. The Labute approximate surface area is 128 Å². The van der Waals surface area contributed by atoms with Gasteiger partial charge >= 0.3 is 0 Å². The molecule has 22 heavy (non-hydrogen) atoms. The summed E-state index contributed by atoms with van der Waals surface area (Å²) in [6.45, 7) is 7.09. The number of aliphatic imine (C=N–C) groups is 1. The zero-order valence-corrected chi connectivity index (χ0v) is 13.0. The summed E-state index contributed by atoms with van der Waals surface area (Å²) in [5.74, 6) is 1.54. The van der Waals surface area contributed by atoms with E-state index < -0.39 is 0 Å². The molecule has 0 saturated heterocycles. The molecule has 0 aliphatic carbocycles. The average Bonchev–Trinajstić information content (AvgIpc) is 2.91. The summed E-state index contributed by atoms with van der Waals surface area (Å²) < 4.78 is 18.2. The van der Waals surface area contributed by atoms with Gasteiger partial charge in [0.15, 0.2) is 11.8 Å². The van der Waals surface area contributed by atoms with Crippen molar-refractivity contribution >= 4 is 5.96 Å². The van der Waals surface area contributed by atoms with E-state index in [2.05, 4.69) is 25.8 Å². The lowest BCUT2D eigenvalue weighted by molar-refractivity contribution is 0.387. The largest absolute Gasteiger partial charge is 0.357 e. The van der Waals surface area contributed by atoms with E-state index in [9.17, 15) is 4.39 Å². The lowest BCUT2D eigenvalue weighted by Crippen LogP contribution is -2.37. The van der Waals surface area contributed by atoms with Crippen LogP contribution >= 0.6 is 0 Å². The fourth-order valence-electron chi connectivity index (χ4n) is 1.89. The van der Waals surface area contributed by atoms with Crippen molar-refractivity contribution in [2.75, 3.05) is 6.54 Å². The number of rotatable bonds is 5. The minimum atomic E-state index is -0.203. The van der Waals surface area contributed by atoms with Crippen LogP contribution in [0.5, 0.6) is 0 Å². The first kappa shape index (κ1) is 15.9. The Morgan fingerprint density at radius 2 is 2.14 bits per heavy atom. The van der Waals surface area contributed by atoms with Gasteiger partial charge in [0.2, 0.25) is 5.89 Å². The summed E-state index contributed by atoms with van der Waals surface area (Å²) in [6.07, 6.45) is 0. The molecule has 0 fully saturated rings. The lowest BCUT2D eigenvalue weighted by Gasteiger charge is -2.09. The zero-order valence-electron chi connectivity index (χ0n) is 13.0. The average molecular weight is 305 g/mol. The molecule has 0 radical (unpaired) electrons. The second-order valence-corrected chi connectivity index (χ2v) is 4.86. The van der Waals surface area contributed by atoms with Gasteiger partial charge in [-0.3, -0.25) is 0 Å². The number of nitrogens with zero attached hydrogens (tertiary/aromatic N) is 3. The maximum absolute atomic E-state index is 13.2. The summed E-state index contributed by atoms with van der Waals surface area (Å²) >= 11 is 0. The number of guanidine groups is 1.